The molecule has 2 saturated carbocycles. The van der Waals surface area contributed by atoms with Crippen molar-refractivity contribution in [3.05, 3.63) is 35.9 Å². The lowest BCUT2D eigenvalue weighted by molar-refractivity contribution is 0.0326. The lowest BCUT2D eigenvalue weighted by Crippen LogP contribution is -2.65. The number of nitrogens with one attached hydrogen (secondary N) is 1. The monoisotopic (exact) mass is 436 g/mol. The summed E-state index contributed by atoms with van der Waals surface area (Å²) in [5, 5.41) is 3.83. The van der Waals surface area contributed by atoms with Gasteiger partial charge in [0.1, 0.15) is 11.4 Å². The Bertz CT molecular complexity index is 812. The van der Waals surface area contributed by atoms with Crippen LogP contribution in [0.4, 0.5) is 4.79 Å². The third-order valence-electron chi connectivity index (χ3n) is 8.50. The van der Waals surface area contributed by atoms with Gasteiger partial charge in [-0.3, -0.25) is 4.90 Å². The molecule has 32 heavy (non-hydrogen) atoms. The highest BCUT2D eigenvalue weighted by Crippen LogP contribution is 2.42. The molecule has 2 heterocycles. The Balaban J connectivity index is 1.38. The van der Waals surface area contributed by atoms with Gasteiger partial charge in [-0.2, -0.15) is 4.99 Å². The molecule has 2 aliphatic heterocycles. The average Bonchev–Trinajstić information content (AvgIpc) is 3.08. The number of urea groups is 1. The molecule has 0 unspecified atom stereocenters. The van der Waals surface area contributed by atoms with Crippen LogP contribution >= 0.6 is 0 Å². The Morgan fingerprint density at radius 1 is 1.00 bits per heavy atom. The van der Waals surface area contributed by atoms with Crippen molar-refractivity contribution in [3.63, 3.8) is 0 Å². The lowest BCUT2D eigenvalue weighted by Gasteiger charge is -2.51. The highest BCUT2D eigenvalue weighted by atomic mass is 16.2. The van der Waals surface area contributed by atoms with Crippen LogP contribution in [0.3, 0.4) is 0 Å². The topological polar surface area (TPSA) is 47.9 Å². The molecule has 3 fully saturated rings. The van der Waals surface area contributed by atoms with E-state index in [1.54, 1.807) is 0 Å². The second-order valence-electron chi connectivity index (χ2n) is 10.7. The van der Waals surface area contributed by atoms with Crippen molar-refractivity contribution in [1.82, 2.24) is 15.1 Å². The van der Waals surface area contributed by atoms with Crippen LogP contribution in [0.1, 0.15) is 89.5 Å². The number of likely N-dealkylation sites (tertiary alicyclic amines) is 1. The fourth-order valence-corrected chi connectivity index (χ4v) is 6.76. The van der Waals surface area contributed by atoms with Crippen molar-refractivity contribution in [3.8, 4) is 0 Å². The zero-order chi connectivity index (χ0) is 22.0. The Morgan fingerprint density at radius 3 is 2.38 bits per heavy atom. The number of rotatable bonds is 4. The zero-order valence-corrected chi connectivity index (χ0v) is 19.8. The maximum absolute atomic E-state index is 13.4. The molecule has 5 heteroatoms. The summed E-state index contributed by atoms with van der Waals surface area (Å²) in [6, 6.07) is 12.1. The van der Waals surface area contributed by atoms with Crippen LogP contribution in [0.2, 0.25) is 0 Å². The second-order valence-corrected chi connectivity index (χ2v) is 10.7. The molecule has 1 saturated heterocycles. The summed E-state index contributed by atoms with van der Waals surface area (Å²) >= 11 is 0. The molecule has 1 N–H and O–H groups in total. The van der Waals surface area contributed by atoms with Crippen LogP contribution in [0.5, 0.6) is 0 Å². The number of nitrogens with zero attached hydrogens (tertiary/aromatic N) is 3. The summed E-state index contributed by atoms with van der Waals surface area (Å²) in [7, 11) is 0. The number of carbonyl (C=O) groups excluding carboxylic acids is 1. The van der Waals surface area contributed by atoms with Gasteiger partial charge in [0, 0.05) is 31.2 Å². The smallest absolute Gasteiger partial charge is 0.346 e. The van der Waals surface area contributed by atoms with E-state index in [4.69, 9.17) is 4.99 Å². The van der Waals surface area contributed by atoms with Crippen LogP contribution in [0, 0.1) is 0 Å². The van der Waals surface area contributed by atoms with E-state index in [0.29, 0.717) is 18.1 Å². The first-order valence-corrected chi connectivity index (χ1v) is 13.1. The highest BCUT2D eigenvalue weighted by Gasteiger charge is 2.55. The van der Waals surface area contributed by atoms with Crippen LogP contribution in [0.15, 0.2) is 35.3 Å². The minimum absolute atomic E-state index is 0.0268. The Kier molecular flexibility index (Phi) is 6.54. The molecule has 5 nitrogen and oxygen atoms in total. The maximum atomic E-state index is 13.4. The average molecular weight is 437 g/mol. The number of amides is 2. The Morgan fingerprint density at radius 2 is 1.69 bits per heavy atom. The number of carbonyl (C=O) groups is 1. The second kappa shape index (κ2) is 9.54. The largest absolute Gasteiger partial charge is 0.369 e. The van der Waals surface area contributed by atoms with Gasteiger partial charge in [0.2, 0.25) is 0 Å². The van der Waals surface area contributed by atoms with Crippen LogP contribution in [0.25, 0.3) is 0 Å². The van der Waals surface area contributed by atoms with Crippen molar-refractivity contribution in [2.24, 2.45) is 4.99 Å². The summed E-state index contributed by atoms with van der Waals surface area (Å²) in [4.78, 5) is 23.0. The fourth-order valence-electron chi connectivity index (χ4n) is 6.76. The molecule has 0 bridgehead atoms. The minimum Gasteiger partial charge on any atom is -0.369 e. The van der Waals surface area contributed by atoms with E-state index < -0.39 is 0 Å². The van der Waals surface area contributed by atoms with Gasteiger partial charge in [-0.05, 0) is 51.0 Å². The van der Waals surface area contributed by atoms with E-state index in [1.165, 1.54) is 56.9 Å². The van der Waals surface area contributed by atoms with Crippen LogP contribution in [-0.2, 0) is 6.54 Å². The van der Waals surface area contributed by atoms with E-state index in [2.05, 4.69) is 52.4 Å². The third kappa shape index (κ3) is 4.33. The Labute approximate surface area is 193 Å². The molecule has 2 aliphatic carbocycles. The van der Waals surface area contributed by atoms with Gasteiger partial charge >= 0.3 is 6.03 Å². The number of amidine groups is 1. The fraction of sp³-hybridized carbons (Fsp3) is 0.704. The number of aliphatic imine (C=N–C) groups is 1. The molecular formula is C27H40N4O. The number of hydrogen-bond donors (Lipinski definition) is 1. The zero-order valence-electron chi connectivity index (χ0n) is 19.8. The quantitative estimate of drug-likeness (QED) is 0.678. The molecule has 1 aromatic rings. The highest BCUT2D eigenvalue weighted by molar-refractivity contribution is 6.07. The van der Waals surface area contributed by atoms with Gasteiger partial charge in [0.25, 0.3) is 0 Å². The molecule has 1 spiro atoms. The summed E-state index contributed by atoms with van der Waals surface area (Å²) < 4.78 is 0. The van der Waals surface area contributed by atoms with Crippen LogP contribution < -0.4 is 5.32 Å². The van der Waals surface area contributed by atoms with E-state index in [0.717, 1.165) is 44.6 Å². The maximum Gasteiger partial charge on any atom is 0.346 e. The standard InChI is InChI=1S/C27H40N4O/c1-21-19-27(17-18-30(21)20-22-11-5-2-6-12-22)25(28-23-13-7-3-8-14-23)29-26(32)31(27)24-15-9-4-10-16-24/h2,5-6,11-12,21,23-24H,3-4,7-10,13-20H2,1H3,(H,28,29,32)/t21-,27+/m1/s1. The van der Waals surface area contributed by atoms with Gasteiger partial charge in [0.15, 0.2) is 0 Å². The number of hydrogen-bond acceptors (Lipinski definition) is 3. The summed E-state index contributed by atoms with van der Waals surface area (Å²) in [5.41, 5.74) is 1.14. The number of benzene rings is 1. The van der Waals surface area contributed by atoms with Crippen molar-refractivity contribution < 1.29 is 4.79 Å². The van der Waals surface area contributed by atoms with Crippen molar-refractivity contribution in [1.29, 1.82) is 0 Å². The van der Waals surface area contributed by atoms with Gasteiger partial charge in [0.05, 0.1) is 0 Å². The molecular weight excluding hydrogens is 396 g/mol. The summed E-state index contributed by atoms with van der Waals surface area (Å²) in [5.74, 6) is 1.01. The van der Waals surface area contributed by atoms with E-state index in [-0.39, 0.29) is 11.6 Å². The van der Waals surface area contributed by atoms with Gasteiger partial charge in [-0.25, -0.2) is 4.79 Å². The summed E-state index contributed by atoms with van der Waals surface area (Å²) in [6.07, 6.45) is 14.4. The Hall–Kier alpha value is -1.88. The van der Waals surface area contributed by atoms with Gasteiger partial charge in [-0.1, -0.05) is 68.9 Å². The predicted octanol–water partition coefficient (Wildman–Crippen LogP) is 5.50. The molecule has 174 valence electrons. The molecule has 2 atom stereocenters. The minimum atomic E-state index is -0.233. The number of piperidine rings is 1. The van der Waals surface area contributed by atoms with Crippen LogP contribution in [-0.4, -0.2) is 51.9 Å². The van der Waals surface area contributed by atoms with E-state index in [9.17, 15) is 4.79 Å². The first-order valence-electron chi connectivity index (χ1n) is 13.1. The molecule has 0 aromatic heterocycles. The SMILES string of the molecule is C[C@@H]1C[C@@]2(CCN1Cc1ccccc1)C(NC1CCCCC1)=NC(=O)N2C1CCCCC1. The molecule has 1 aromatic carbocycles. The van der Waals surface area contributed by atoms with Crippen molar-refractivity contribution in [2.45, 2.75) is 114 Å². The van der Waals surface area contributed by atoms with E-state index >= 15 is 0 Å². The summed E-state index contributed by atoms with van der Waals surface area (Å²) in [6.45, 7) is 4.35. The van der Waals surface area contributed by atoms with Crippen molar-refractivity contribution in [2.75, 3.05) is 6.54 Å². The molecule has 0 radical (unpaired) electrons. The molecule has 4 aliphatic rings. The first kappa shape index (κ1) is 21.9. The van der Waals surface area contributed by atoms with Crippen molar-refractivity contribution >= 4 is 11.9 Å². The lowest BCUT2D eigenvalue weighted by atomic mass is 9.78. The van der Waals surface area contributed by atoms with Gasteiger partial charge in [-0.15, -0.1) is 0 Å². The third-order valence-corrected chi connectivity index (χ3v) is 8.50. The van der Waals surface area contributed by atoms with Gasteiger partial charge < -0.3 is 10.2 Å². The molecule has 2 amide bonds. The first-order chi connectivity index (χ1) is 15.7. The molecule has 5 rings (SSSR count). The van der Waals surface area contributed by atoms with E-state index in [1.807, 2.05) is 0 Å². The predicted molar refractivity (Wildman–Crippen MR) is 130 cm³/mol. The normalized spacial score (nSPS) is 30.7.